The van der Waals surface area contributed by atoms with Gasteiger partial charge in [-0.3, -0.25) is 9.80 Å². The number of rotatable bonds is 6. The number of piperazine rings is 1. The van der Waals surface area contributed by atoms with E-state index in [4.69, 9.17) is 10.00 Å². The lowest BCUT2D eigenvalue weighted by Crippen LogP contribution is -2.54. The molecule has 5 nitrogen and oxygen atoms in total. The number of aliphatic hydroxyl groups is 1. The number of nitrogens with zero attached hydrogens (tertiary/aromatic N) is 3. The Kier molecular flexibility index (Phi) is 6.20. The van der Waals surface area contributed by atoms with Gasteiger partial charge in [-0.05, 0) is 26.0 Å². The van der Waals surface area contributed by atoms with Gasteiger partial charge in [-0.2, -0.15) is 5.26 Å². The third-order valence-corrected chi connectivity index (χ3v) is 4.02. The van der Waals surface area contributed by atoms with E-state index in [9.17, 15) is 5.11 Å². The molecule has 0 aliphatic carbocycles. The van der Waals surface area contributed by atoms with Gasteiger partial charge in [0.15, 0.2) is 0 Å². The molecule has 0 bridgehead atoms. The number of para-hydroxylation sites is 1. The Bertz CT molecular complexity index is 513. The number of benzene rings is 1. The molecule has 22 heavy (non-hydrogen) atoms. The van der Waals surface area contributed by atoms with Crippen molar-refractivity contribution in [1.29, 1.82) is 5.26 Å². The average Bonchev–Trinajstić information content (AvgIpc) is 2.50. The molecular formula is C17H25N3O2. The zero-order valence-corrected chi connectivity index (χ0v) is 13.4. The lowest BCUT2D eigenvalue weighted by atomic mass is 10.1. The predicted octanol–water partition coefficient (Wildman–Crippen LogP) is 1.32. The highest BCUT2D eigenvalue weighted by Crippen LogP contribution is 2.16. The number of β-amino-alcohol motifs (C(OH)–C–C–N with tert-alkyl or cyclic N) is 1. The summed E-state index contributed by atoms with van der Waals surface area (Å²) in [5, 5.41) is 18.5. The van der Waals surface area contributed by atoms with Crippen LogP contribution < -0.4 is 4.74 Å². The zero-order chi connectivity index (χ0) is 15.9. The van der Waals surface area contributed by atoms with Crippen LogP contribution in [0.15, 0.2) is 24.3 Å². The molecule has 0 spiro atoms. The van der Waals surface area contributed by atoms with E-state index in [2.05, 4.69) is 22.8 Å². The summed E-state index contributed by atoms with van der Waals surface area (Å²) in [6.07, 6.45) is -0.278. The fraction of sp³-hybridized carbons (Fsp3) is 0.588. The smallest absolute Gasteiger partial charge is 0.137 e. The van der Waals surface area contributed by atoms with Crippen LogP contribution in [0.25, 0.3) is 0 Å². The summed E-state index contributed by atoms with van der Waals surface area (Å²) in [5.41, 5.74) is 0.581. The molecule has 5 heteroatoms. The molecule has 1 heterocycles. The van der Waals surface area contributed by atoms with Crippen LogP contribution in [0.5, 0.6) is 5.75 Å². The number of ether oxygens (including phenoxy) is 1. The summed E-state index contributed by atoms with van der Waals surface area (Å²) in [5.74, 6) is 0.658. The van der Waals surface area contributed by atoms with E-state index in [1.807, 2.05) is 25.1 Å². The molecule has 0 unspecified atom stereocenters. The minimum Gasteiger partial charge on any atom is -0.491 e. The fourth-order valence-corrected chi connectivity index (χ4v) is 2.85. The molecule has 1 aromatic rings. The number of nitriles is 1. The molecule has 0 amide bonds. The first-order chi connectivity index (χ1) is 10.6. The Morgan fingerprint density at radius 1 is 1.41 bits per heavy atom. The fourth-order valence-electron chi connectivity index (χ4n) is 2.85. The molecule has 1 aliphatic heterocycles. The molecule has 1 saturated heterocycles. The van der Waals surface area contributed by atoms with E-state index in [1.54, 1.807) is 6.07 Å². The molecule has 120 valence electrons. The Morgan fingerprint density at radius 3 is 2.86 bits per heavy atom. The monoisotopic (exact) mass is 303 g/mol. The van der Waals surface area contributed by atoms with Crippen LogP contribution >= 0.6 is 0 Å². The molecule has 0 aromatic heterocycles. The first-order valence-corrected chi connectivity index (χ1v) is 7.86. The molecule has 0 saturated carbocycles. The van der Waals surface area contributed by atoms with Gasteiger partial charge in [0.25, 0.3) is 0 Å². The summed E-state index contributed by atoms with van der Waals surface area (Å²) in [6, 6.07) is 9.91. The van der Waals surface area contributed by atoms with Gasteiger partial charge >= 0.3 is 0 Å². The van der Waals surface area contributed by atoms with Crippen LogP contribution in [0, 0.1) is 11.3 Å². The van der Waals surface area contributed by atoms with E-state index in [0.717, 1.165) is 32.7 Å². The predicted molar refractivity (Wildman–Crippen MR) is 85.8 cm³/mol. The summed E-state index contributed by atoms with van der Waals surface area (Å²) in [7, 11) is 0. The van der Waals surface area contributed by atoms with Gasteiger partial charge in [-0.15, -0.1) is 0 Å². The molecule has 2 rings (SSSR count). The largest absolute Gasteiger partial charge is 0.491 e. The Hall–Kier alpha value is -1.61. The van der Waals surface area contributed by atoms with Crippen molar-refractivity contribution in [2.24, 2.45) is 0 Å². The summed E-state index contributed by atoms with van der Waals surface area (Å²) >= 11 is 0. The molecule has 0 radical (unpaired) electrons. The van der Waals surface area contributed by atoms with Crippen molar-refractivity contribution in [2.75, 3.05) is 39.3 Å². The van der Waals surface area contributed by atoms with Gasteiger partial charge in [0.05, 0.1) is 11.7 Å². The molecule has 2 atom stereocenters. The van der Waals surface area contributed by atoms with Gasteiger partial charge in [0.1, 0.15) is 18.4 Å². The maximum absolute atomic E-state index is 9.50. The van der Waals surface area contributed by atoms with E-state index < -0.39 is 0 Å². The van der Waals surface area contributed by atoms with Crippen LogP contribution in [0.3, 0.4) is 0 Å². The van der Waals surface area contributed by atoms with E-state index in [1.165, 1.54) is 0 Å². The molecule has 1 aromatic carbocycles. The number of hydrogen-bond acceptors (Lipinski definition) is 5. The standard InChI is InChI=1S/C17H25N3O2/c1-14-12-19(7-8-20(14)13-15(2)21)9-10-22-17-6-4-3-5-16(17)11-18/h3-6,14-15,21H,7-10,12-13H2,1-2H3/t14-,15+/m0/s1. The molecular weight excluding hydrogens is 278 g/mol. The third kappa shape index (κ3) is 4.70. The van der Waals surface area contributed by atoms with Crippen LogP contribution in [-0.2, 0) is 0 Å². The van der Waals surface area contributed by atoms with Gasteiger partial charge in [0, 0.05) is 38.8 Å². The lowest BCUT2D eigenvalue weighted by Gasteiger charge is -2.40. The number of aliphatic hydroxyl groups excluding tert-OH is 1. The first-order valence-electron chi connectivity index (χ1n) is 7.86. The SMILES string of the molecule is C[C@@H](O)CN1CCN(CCOc2ccccc2C#N)C[C@@H]1C. The number of hydrogen-bond donors (Lipinski definition) is 1. The van der Waals surface area contributed by atoms with Crippen LogP contribution in [0.4, 0.5) is 0 Å². The molecule has 1 aliphatic rings. The molecule has 1 fully saturated rings. The van der Waals surface area contributed by atoms with Crippen molar-refractivity contribution in [3.8, 4) is 11.8 Å². The normalized spacial score (nSPS) is 21.3. The minimum absolute atomic E-state index is 0.278. The summed E-state index contributed by atoms with van der Waals surface area (Å²) in [6.45, 7) is 9.15. The van der Waals surface area contributed by atoms with Crippen molar-refractivity contribution in [3.63, 3.8) is 0 Å². The van der Waals surface area contributed by atoms with Gasteiger partial charge in [-0.25, -0.2) is 0 Å². The van der Waals surface area contributed by atoms with Crippen LogP contribution in [0.2, 0.25) is 0 Å². The highest BCUT2D eigenvalue weighted by molar-refractivity contribution is 5.42. The minimum atomic E-state index is -0.278. The lowest BCUT2D eigenvalue weighted by molar-refractivity contribution is 0.0404. The van der Waals surface area contributed by atoms with Crippen molar-refractivity contribution in [3.05, 3.63) is 29.8 Å². The van der Waals surface area contributed by atoms with E-state index in [-0.39, 0.29) is 6.10 Å². The Balaban J connectivity index is 1.76. The summed E-state index contributed by atoms with van der Waals surface area (Å²) in [4.78, 5) is 4.70. The maximum atomic E-state index is 9.50. The quantitative estimate of drug-likeness (QED) is 0.859. The van der Waals surface area contributed by atoms with Gasteiger partial charge in [-0.1, -0.05) is 12.1 Å². The average molecular weight is 303 g/mol. The van der Waals surface area contributed by atoms with Gasteiger partial charge < -0.3 is 9.84 Å². The van der Waals surface area contributed by atoms with Gasteiger partial charge in [0.2, 0.25) is 0 Å². The second-order valence-corrected chi connectivity index (χ2v) is 5.95. The topological polar surface area (TPSA) is 59.7 Å². The van der Waals surface area contributed by atoms with E-state index >= 15 is 0 Å². The van der Waals surface area contributed by atoms with E-state index in [0.29, 0.717) is 24.0 Å². The van der Waals surface area contributed by atoms with Crippen molar-refractivity contribution >= 4 is 0 Å². The van der Waals surface area contributed by atoms with Crippen molar-refractivity contribution in [1.82, 2.24) is 9.80 Å². The first kappa shape index (κ1) is 16.8. The Labute approximate surface area is 132 Å². The highest BCUT2D eigenvalue weighted by Gasteiger charge is 2.24. The highest BCUT2D eigenvalue weighted by atomic mass is 16.5. The Morgan fingerprint density at radius 2 is 2.18 bits per heavy atom. The zero-order valence-electron chi connectivity index (χ0n) is 13.4. The van der Waals surface area contributed by atoms with Crippen molar-refractivity contribution in [2.45, 2.75) is 26.0 Å². The van der Waals surface area contributed by atoms with Crippen molar-refractivity contribution < 1.29 is 9.84 Å². The van der Waals surface area contributed by atoms with Crippen LogP contribution in [0.1, 0.15) is 19.4 Å². The summed E-state index contributed by atoms with van der Waals surface area (Å²) < 4.78 is 5.74. The second kappa shape index (κ2) is 8.14. The third-order valence-electron chi connectivity index (χ3n) is 4.02. The second-order valence-electron chi connectivity index (χ2n) is 5.95. The maximum Gasteiger partial charge on any atom is 0.137 e. The van der Waals surface area contributed by atoms with Crippen LogP contribution in [-0.4, -0.2) is 66.4 Å². The molecule has 1 N–H and O–H groups in total.